The molecule has 1 aromatic rings. The van der Waals surface area contributed by atoms with Crippen molar-refractivity contribution in [1.82, 2.24) is 9.97 Å². The Hall–Kier alpha value is -1.28. The number of rotatable bonds is 3. The van der Waals surface area contributed by atoms with E-state index in [1.54, 1.807) is 6.92 Å². The SMILES string of the molecule is Cc1cc(C(F)S(C)(=O)=O)nc(N2CCOCC2)n1. The highest BCUT2D eigenvalue weighted by Crippen LogP contribution is 2.23. The number of hydrogen-bond donors (Lipinski definition) is 0. The molecule has 0 aliphatic carbocycles. The van der Waals surface area contributed by atoms with Gasteiger partial charge in [0.2, 0.25) is 11.5 Å². The molecule has 19 heavy (non-hydrogen) atoms. The molecule has 0 amide bonds. The van der Waals surface area contributed by atoms with Crippen LogP contribution < -0.4 is 4.90 Å². The predicted octanol–water partition coefficient (Wildman–Crippen LogP) is 0.634. The number of nitrogens with zero attached hydrogens (tertiary/aromatic N) is 3. The van der Waals surface area contributed by atoms with Gasteiger partial charge in [0, 0.05) is 25.0 Å². The quantitative estimate of drug-likeness (QED) is 0.813. The van der Waals surface area contributed by atoms with Gasteiger partial charge in [-0.25, -0.2) is 22.8 Å². The fourth-order valence-electron chi connectivity index (χ4n) is 1.82. The van der Waals surface area contributed by atoms with Gasteiger partial charge in [0.25, 0.3) is 0 Å². The normalized spacial score (nSPS) is 18.4. The van der Waals surface area contributed by atoms with Gasteiger partial charge in [-0.2, -0.15) is 0 Å². The standard InChI is InChI=1S/C11H16FN3O3S/c1-8-7-9(10(12)19(2,16)17)14-11(13-8)15-3-5-18-6-4-15/h7,10H,3-6H2,1-2H3. The van der Waals surface area contributed by atoms with E-state index < -0.39 is 15.3 Å². The van der Waals surface area contributed by atoms with Gasteiger partial charge in [-0.05, 0) is 13.0 Å². The van der Waals surface area contributed by atoms with E-state index in [0.29, 0.717) is 37.9 Å². The number of alkyl halides is 1. The van der Waals surface area contributed by atoms with Gasteiger partial charge in [0.15, 0.2) is 9.84 Å². The molecule has 0 N–H and O–H groups in total. The Labute approximate surface area is 111 Å². The van der Waals surface area contributed by atoms with Crippen molar-refractivity contribution in [3.05, 3.63) is 17.5 Å². The Balaban J connectivity index is 2.34. The molecule has 1 aliphatic rings. The Morgan fingerprint density at radius 1 is 1.37 bits per heavy atom. The molecule has 1 unspecified atom stereocenters. The number of anilines is 1. The molecule has 6 nitrogen and oxygen atoms in total. The van der Waals surface area contributed by atoms with Crippen LogP contribution in [-0.4, -0.2) is 50.9 Å². The monoisotopic (exact) mass is 289 g/mol. The van der Waals surface area contributed by atoms with Crippen molar-refractivity contribution < 1.29 is 17.5 Å². The van der Waals surface area contributed by atoms with Gasteiger partial charge in [-0.3, -0.25) is 0 Å². The lowest BCUT2D eigenvalue weighted by atomic mass is 10.3. The first-order valence-electron chi connectivity index (χ1n) is 5.89. The van der Waals surface area contributed by atoms with Crippen LogP contribution in [0.1, 0.15) is 16.9 Å². The second kappa shape index (κ2) is 5.38. The third kappa shape index (κ3) is 3.38. The first kappa shape index (κ1) is 14.1. The first-order valence-corrected chi connectivity index (χ1v) is 7.84. The molecular formula is C11H16FN3O3S. The second-order valence-corrected chi connectivity index (χ2v) is 6.55. The highest BCUT2D eigenvalue weighted by molar-refractivity contribution is 7.90. The molecular weight excluding hydrogens is 273 g/mol. The summed E-state index contributed by atoms with van der Waals surface area (Å²) in [5.74, 6) is 0.351. The molecule has 0 bridgehead atoms. The average Bonchev–Trinajstić information content (AvgIpc) is 2.37. The van der Waals surface area contributed by atoms with E-state index in [4.69, 9.17) is 4.74 Å². The Morgan fingerprint density at radius 3 is 2.58 bits per heavy atom. The maximum atomic E-state index is 13.8. The van der Waals surface area contributed by atoms with Crippen LogP contribution >= 0.6 is 0 Å². The summed E-state index contributed by atoms with van der Waals surface area (Å²) in [5.41, 5.74) is -1.69. The molecule has 106 valence electrons. The van der Waals surface area contributed by atoms with E-state index in [9.17, 15) is 12.8 Å². The average molecular weight is 289 g/mol. The summed E-state index contributed by atoms with van der Waals surface area (Å²) >= 11 is 0. The molecule has 1 aliphatic heterocycles. The van der Waals surface area contributed by atoms with Gasteiger partial charge in [-0.1, -0.05) is 0 Å². The van der Waals surface area contributed by atoms with Crippen molar-refractivity contribution in [2.24, 2.45) is 0 Å². The smallest absolute Gasteiger partial charge is 0.242 e. The van der Waals surface area contributed by atoms with Gasteiger partial charge in [0.05, 0.1) is 18.9 Å². The molecule has 8 heteroatoms. The summed E-state index contributed by atoms with van der Waals surface area (Å²) < 4.78 is 41.6. The lowest BCUT2D eigenvalue weighted by Crippen LogP contribution is -2.37. The van der Waals surface area contributed by atoms with Crippen LogP contribution in [0.15, 0.2) is 6.07 Å². The maximum Gasteiger partial charge on any atom is 0.242 e. The molecule has 1 saturated heterocycles. The fraction of sp³-hybridized carbons (Fsp3) is 0.636. The summed E-state index contributed by atoms with van der Waals surface area (Å²) in [6.45, 7) is 4.01. The summed E-state index contributed by atoms with van der Waals surface area (Å²) in [4.78, 5) is 10.1. The van der Waals surface area contributed by atoms with Crippen LogP contribution in [0.2, 0.25) is 0 Å². The fourth-order valence-corrected chi connectivity index (χ4v) is 2.38. The Kier molecular flexibility index (Phi) is 4.00. The largest absolute Gasteiger partial charge is 0.378 e. The summed E-state index contributed by atoms with van der Waals surface area (Å²) in [6, 6.07) is 1.36. The third-order valence-electron chi connectivity index (χ3n) is 2.76. The first-order chi connectivity index (χ1) is 8.88. The number of aromatic nitrogens is 2. The van der Waals surface area contributed by atoms with E-state index in [0.717, 1.165) is 6.26 Å². The van der Waals surface area contributed by atoms with Crippen LogP contribution in [0.3, 0.4) is 0 Å². The molecule has 1 aromatic heterocycles. The lowest BCUT2D eigenvalue weighted by molar-refractivity contribution is 0.122. The molecule has 1 atom stereocenters. The van der Waals surface area contributed by atoms with E-state index in [1.807, 2.05) is 4.90 Å². The van der Waals surface area contributed by atoms with Gasteiger partial charge < -0.3 is 9.64 Å². The van der Waals surface area contributed by atoms with Crippen molar-refractivity contribution in [3.8, 4) is 0 Å². The minimum absolute atomic E-state index is 0.114. The number of ether oxygens (including phenoxy) is 1. The topological polar surface area (TPSA) is 72.4 Å². The minimum Gasteiger partial charge on any atom is -0.378 e. The van der Waals surface area contributed by atoms with Gasteiger partial charge in [0.1, 0.15) is 0 Å². The molecule has 0 saturated carbocycles. The van der Waals surface area contributed by atoms with E-state index in [2.05, 4.69) is 9.97 Å². The summed E-state index contributed by atoms with van der Waals surface area (Å²) in [5, 5.41) is 0. The number of hydrogen-bond acceptors (Lipinski definition) is 6. The highest BCUT2D eigenvalue weighted by atomic mass is 32.2. The summed E-state index contributed by atoms with van der Waals surface area (Å²) in [6.07, 6.45) is 0.851. The number of sulfone groups is 1. The van der Waals surface area contributed by atoms with Crippen molar-refractivity contribution in [1.29, 1.82) is 0 Å². The van der Waals surface area contributed by atoms with Crippen LogP contribution in [-0.2, 0) is 14.6 Å². The second-order valence-electron chi connectivity index (χ2n) is 4.48. The van der Waals surface area contributed by atoms with Crippen LogP contribution in [0, 0.1) is 6.92 Å². The minimum atomic E-state index is -3.82. The van der Waals surface area contributed by atoms with E-state index >= 15 is 0 Å². The van der Waals surface area contributed by atoms with Crippen LogP contribution in [0.5, 0.6) is 0 Å². The third-order valence-corrected chi connectivity index (χ3v) is 3.76. The molecule has 1 fully saturated rings. The van der Waals surface area contributed by atoms with Crippen molar-refractivity contribution in [2.45, 2.75) is 12.4 Å². The number of aryl methyl sites for hydroxylation is 1. The molecule has 2 rings (SSSR count). The zero-order chi connectivity index (χ0) is 14.0. The highest BCUT2D eigenvalue weighted by Gasteiger charge is 2.25. The van der Waals surface area contributed by atoms with Crippen molar-refractivity contribution in [2.75, 3.05) is 37.5 Å². The van der Waals surface area contributed by atoms with E-state index in [-0.39, 0.29) is 5.69 Å². The molecule has 0 radical (unpaired) electrons. The number of halogens is 1. The zero-order valence-electron chi connectivity index (χ0n) is 10.8. The van der Waals surface area contributed by atoms with Crippen LogP contribution in [0.25, 0.3) is 0 Å². The van der Waals surface area contributed by atoms with Gasteiger partial charge >= 0.3 is 0 Å². The van der Waals surface area contributed by atoms with Gasteiger partial charge in [-0.15, -0.1) is 0 Å². The molecule has 0 aromatic carbocycles. The van der Waals surface area contributed by atoms with Crippen molar-refractivity contribution >= 4 is 15.8 Å². The lowest BCUT2D eigenvalue weighted by Gasteiger charge is -2.27. The Bertz CT molecular complexity index is 558. The summed E-state index contributed by atoms with van der Waals surface area (Å²) in [7, 11) is -3.82. The molecule has 0 spiro atoms. The van der Waals surface area contributed by atoms with E-state index in [1.165, 1.54) is 6.07 Å². The van der Waals surface area contributed by atoms with Crippen LogP contribution in [0.4, 0.5) is 10.3 Å². The number of morpholine rings is 1. The Morgan fingerprint density at radius 2 is 2.00 bits per heavy atom. The predicted molar refractivity (Wildman–Crippen MR) is 68.5 cm³/mol. The zero-order valence-corrected chi connectivity index (χ0v) is 11.7. The molecule has 2 heterocycles. The maximum absolute atomic E-state index is 13.8. The van der Waals surface area contributed by atoms with Crippen molar-refractivity contribution in [3.63, 3.8) is 0 Å².